The lowest BCUT2D eigenvalue weighted by molar-refractivity contribution is 0.670. The molecule has 0 spiro atoms. The first-order valence-corrected chi connectivity index (χ1v) is 18.3. The highest BCUT2D eigenvalue weighted by Gasteiger charge is 2.25. The fourth-order valence-electron chi connectivity index (χ4n) is 8.69. The molecule has 0 radical (unpaired) electrons. The van der Waals surface area contributed by atoms with E-state index < -0.39 is 0 Å². The maximum Gasteiger partial charge on any atom is 0.144 e. The van der Waals surface area contributed by atoms with E-state index in [2.05, 4.69) is 156 Å². The molecule has 0 atom stereocenters. The summed E-state index contributed by atoms with van der Waals surface area (Å²) in [7, 11) is 0. The van der Waals surface area contributed by atoms with Gasteiger partial charge in [-0.05, 0) is 95.7 Å². The molecule has 9 aromatic carbocycles. The lowest BCUT2D eigenvalue weighted by Gasteiger charge is -2.15. The predicted molar refractivity (Wildman–Crippen MR) is 217 cm³/mol. The molecule has 0 bridgehead atoms. The summed E-state index contributed by atoms with van der Waals surface area (Å²) >= 11 is 1.75. The molecule has 0 N–H and O–H groups in total. The standard InChI is InChI=1S/C48H26O2S/c1-2-12-29-22-30(21-20-27(29)10-1)35-23-37-39-25-51-26-40(39)38-24-36(32-17-9-13-28-11-3-4-14-31(28)32)44-34-16-6-8-19-42(34)50-48(44)46(38)45(37)47-43(35)33-15-5-7-18-41(33)49-47/h1-26H. The third kappa shape index (κ3) is 3.71. The van der Waals surface area contributed by atoms with Crippen molar-refractivity contribution in [3.63, 3.8) is 0 Å². The molecule has 0 aliphatic carbocycles. The van der Waals surface area contributed by atoms with Crippen LogP contribution in [0.25, 0.3) is 120 Å². The van der Waals surface area contributed by atoms with E-state index in [0.29, 0.717) is 0 Å². The summed E-state index contributed by atoms with van der Waals surface area (Å²) in [4.78, 5) is 0. The molecule has 0 unspecified atom stereocenters. The molecule has 12 rings (SSSR count). The Balaban J connectivity index is 1.33. The number of hydrogen-bond acceptors (Lipinski definition) is 3. The van der Waals surface area contributed by atoms with Crippen LogP contribution in [0.5, 0.6) is 0 Å². The van der Waals surface area contributed by atoms with Gasteiger partial charge in [-0.2, -0.15) is 11.3 Å². The van der Waals surface area contributed by atoms with Gasteiger partial charge in [-0.25, -0.2) is 0 Å². The highest BCUT2D eigenvalue weighted by molar-refractivity contribution is 7.09. The number of furan rings is 2. The fraction of sp³-hybridized carbons (Fsp3) is 0. The van der Waals surface area contributed by atoms with Crippen LogP contribution in [0.4, 0.5) is 0 Å². The van der Waals surface area contributed by atoms with Crippen LogP contribution < -0.4 is 0 Å². The highest BCUT2D eigenvalue weighted by Crippen LogP contribution is 2.51. The molecule has 0 saturated heterocycles. The van der Waals surface area contributed by atoms with Crippen molar-refractivity contribution < 1.29 is 8.83 Å². The first-order chi connectivity index (χ1) is 25.3. The normalized spacial score (nSPS) is 12.3. The summed E-state index contributed by atoms with van der Waals surface area (Å²) in [6.45, 7) is 0. The van der Waals surface area contributed by atoms with Crippen LogP contribution in [0, 0.1) is 0 Å². The summed E-state index contributed by atoms with van der Waals surface area (Å²) in [6, 6.07) is 52.4. The zero-order valence-corrected chi connectivity index (χ0v) is 28.1. The van der Waals surface area contributed by atoms with Gasteiger partial charge in [0.15, 0.2) is 0 Å². The highest BCUT2D eigenvalue weighted by atomic mass is 32.1. The number of benzene rings is 9. The topological polar surface area (TPSA) is 26.3 Å². The molecular weight excluding hydrogens is 641 g/mol. The molecule has 0 fully saturated rings. The SMILES string of the molecule is c1ccc2cc(-c3cc4c5cscc5c5cc(-c6cccc7ccccc67)c6c7ccccc7oc6c5c4c4oc5ccccc5c34)ccc2c1. The molecule has 3 aromatic heterocycles. The Morgan fingerprint density at radius 2 is 0.882 bits per heavy atom. The van der Waals surface area contributed by atoms with Gasteiger partial charge in [-0.1, -0.05) is 115 Å². The Labute approximate surface area is 295 Å². The van der Waals surface area contributed by atoms with Gasteiger partial charge < -0.3 is 8.83 Å². The van der Waals surface area contributed by atoms with E-state index in [-0.39, 0.29) is 0 Å². The van der Waals surface area contributed by atoms with E-state index in [1.165, 1.54) is 65.3 Å². The van der Waals surface area contributed by atoms with Gasteiger partial charge >= 0.3 is 0 Å². The maximum atomic E-state index is 7.02. The second-order valence-corrected chi connectivity index (χ2v) is 14.3. The van der Waals surface area contributed by atoms with Crippen LogP contribution >= 0.6 is 11.3 Å². The number of hydrogen-bond donors (Lipinski definition) is 0. The Morgan fingerprint density at radius 1 is 0.333 bits per heavy atom. The van der Waals surface area contributed by atoms with Crippen molar-refractivity contribution in [1.29, 1.82) is 0 Å². The van der Waals surface area contributed by atoms with Crippen molar-refractivity contribution >= 4 is 109 Å². The Kier molecular flexibility index (Phi) is 5.41. The molecule has 0 amide bonds. The molecule has 236 valence electrons. The van der Waals surface area contributed by atoms with E-state index >= 15 is 0 Å². The van der Waals surface area contributed by atoms with Crippen LogP contribution in [0.1, 0.15) is 0 Å². The van der Waals surface area contributed by atoms with E-state index in [0.717, 1.165) is 54.6 Å². The molecule has 2 nitrogen and oxygen atoms in total. The molecule has 0 aliphatic rings. The van der Waals surface area contributed by atoms with Crippen molar-refractivity contribution in [3.05, 3.63) is 156 Å². The third-order valence-corrected chi connectivity index (χ3v) is 11.7. The largest absolute Gasteiger partial charge is 0.455 e. The van der Waals surface area contributed by atoms with Crippen LogP contribution in [0.3, 0.4) is 0 Å². The zero-order chi connectivity index (χ0) is 33.2. The van der Waals surface area contributed by atoms with E-state index in [1.54, 1.807) is 11.3 Å². The number of para-hydroxylation sites is 2. The van der Waals surface area contributed by atoms with Gasteiger partial charge in [-0.15, -0.1) is 0 Å². The Hall–Kier alpha value is -6.42. The fourth-order valence-corrected chi connectivity index (χ4v) is 9.54. The first kappa shape index (κ1) is 27.4. The minimum Gasteiger partial charge on any atom is -0.455 e. The molecule has 3 heterocycles. The average Bonchev–Trinajstić information content (AvgIpc) is 3.93. The van der Waals surface area contributed by atoms with Crippen molar-refractivity contribution in [2.24, 2.45) is 0 Å². The van der Waals surface area contributed by atoms with Gasteiger partial charge in [0.1, 0.15) is 22.3 Å². The first-order valence-electron chi connectivity index (χ1n) is 17.3. The third-order valence-electron chi connectivity index (χ3n) is 10.9. The minimum absolute atomic E-state index is 0.883. The summed E-state index contributed by atoms with van der Waals surface area (Å²) in [6.07, 6.45) is 0. The van der Waals surface area contributed by atoms with Crippen molar-refractivity contribution in [2.75, 3.05) is 0 Å². The molecule has 0 saturated carbocycles. The summed E-state index contributed by atoms with van der Waals surface area (Å²) in [5.74, 6) is 0. The van der Waals surface area contributed by atoms with E-state index in [9.17, 15) is 0 Å². The summed E-state index contributed by atoms with van der Waals surface area (Å²) < 4.78 is 14.0. The molecule has 0 aliphatic heterocycles. The van der Waals surface area contributed by atoms with Crippen LogP contribution in [-0.4, -0.2) is 0 Å². The number of fused-ring (bicyclic) bond motifs is 16. The average molecular weight is 667 g/mol. The van der Waals surface area contributed by atoms with E-state index in [4.69, 9.17) is 8.83 Å². The lowest BCUT2D eigenvalue weighted by Crippen LogP contribution is -1.89. The second-order valence-electron chi connectivity index (χ2n) is 13.6. The van der Waals surface area contributed by atoms with Crippen molar-refractivity contribution in [2.45, 2.75) is 0 Å². The predicted octanol–water partition coefficient (Wildman–Crippen LogP) is 14.6. The monoisotopic (exact) mass is 666 g/mol. The van der Waals surface area contributed by atoms with Gasteiger partial charge in [0, 0.05) is 43.1 Å². The van der Waals surface area contributed by atoms with Crippen molar-refractivity contribution in [3.8, 4) is 22.3 Å². The summed E-state index contributed by atoms with van der Waals surface area (Å²) in [5, 5.41) is 21.0. The quantitative estimate of drug-likeness (QED) is 0.172. The van der Waals surface area contributed by atoms with Gasteiger partial charge in [0.25, 0.3) is 0 Å². The van der Waals surface area contributed by atoms with Crippen LogP contribution in [0.2, 0.25) is 0 Å². The van der Waals surface area contributed by atoms with Crippen molar-refractivity contribution in [1.82, 2.24) is 0 Å². The smallest absolute Gasteiger partial charge is 0.144 e. The second kappa shape index (κ2) is 10.1. The molecular formula is C48H26O2S. The van der Waals surface area contributed by atoms with Gasteiger partial charge in [-0.3, -0.25) is 0 Å². The number of rotatable bonds is 2. The maximum absolute atomic E-state index is 7.02. The van der Waals surface area contributed by atoms with E-state index in [1.807, 2.05) is 0 Å². The Morgan fingerprint density at radius 3 is 1.59 bits per heavy atom. The minimum atomic E-state index is 0.883. The van der Waals surface area contributed by atoms with Crippen LogP contribution in [-0.2, 0) is 0 Å². The number of thiophene rings is 1. The molecule has 12 aromatic rings. The molecule has 51 heavy (non-hydrogen) atoms. The van der Waals surface area contributed by atoms with Gasteiger partial charge in [0.2, 0.25) is 0 Å². The van der Waals surface area contributed by atoms with Gasteiger partial charge in [0.05, 0.1) is 0 Å². The summed E-state index contributed by atoms with van der Waals surface area (Å²) in [5.41, 5.74) is 8.30. The Bertz CT molecular complexity index is 3420. The zero-order valence-electron chi connectivity index (χ0n) is 27.2. The molecule has 3 heteroatoms. The lowest BCUT2D eigenvalue weighted by atomic mass is 9.87. The van der Waals surface area contributed by atoms with Crippen LogP contribution in [0.15, 0.2) is 165 Å².